The van der Waals surface area contributed by atoms with E-state index in [4.69, 9.17) is 0 Å². The molecule has 1 N–H and O–H groups in total. The molecular weight excluding hydrogens is 248 g/mol. The predicted octanol–water partition coefficient (Wildman–Crippen LogP) is 0.632. The van der Waals surface area contributed by atoms with Crippen molar-refractivity contribution in [1.82, 2.24) is 10.2 Å². The average Bonchev–Trinajstić information content (AvgIpc) is 2.11. The van der Waals surface area contributed by atoms with Crippen molar-refractivity contribution >= 4 is 27.7 Å². The first-order valence-electron chi connectivity index (χ1n) is 4.46. The Morgan fingerprint density at radius 1 is 1.71 bits per heavy atom. The Morgan fingerprint density at radius 3 is 2.86 bits per heavy atom. The predicted molar refractivity (Wildman–Crippen MR) is 56.9 cm³/mol. The van der Waals surface area contributed by atoms with Gasteiger partial charge in [-0.1, -0.05) is 29.4 Å². The van der Waals surface area contributed by atoms with Gasteiger partial charge < -0.3 is 10.2 Å². The molecule has 0 spiro atoms. The highest BCUT2D eigenvalue weighted by atomic mass is 79.9. The summed E-state index contributed by atoms with van der Waals surface area (Å²) in [4.78, 5) is 24.5. The van der Waals surface area contributed by atoms with Crippen LogP contribution in [0.15, 0.2) is 11.1 Å². The second kappa shape index (κ2) is 4.59. The molecule has 14 heavy (non-hydrogen) atoms. The van der Waals surface area contributed by atoms with Crippen molar-refractivity contribution < 1.29 is 9.59 Å². The van der Waals surface area contributed by atoms with Gasteiger partial charge in [0.15, 0.2) is 0 Å². The van der Waals surface area contributed by atoms with E-state index in [1.807, 2.05) is 6.92 Å². The highest BCUT2D eigenvalue weighted by Gasteiger charge is 2.32. The Labute approximate surface area is 91.5 Å². The summed E-state index contributed by atoms with van der Waals surface area (Å²) in [7, 11) is 0. The number of carbonyl (C=O) groups is 2. The molecule has 0 bridgehead atoms. The maximum atomic E-state index is 11.5. The molecule has 1 aliphatic rings. The Bertz CT molecular complexity index is 278. The lowest BCUT2D eigenvalue weighted by Gasteiger charge is -2.34. The minimum absolute atomic E-state index is 0.0583. The van der Waals surface area contributed by atoms with Crippen LogP contribution >= 0.6 is 15.9 Å². The van der Waals surface area contributed by atoms with Crippen LogP contribution in [0.3, 0.4) is 0 Å². The molecule has 0 radical (unpaired) electrons. The summed E-state index contributed by atoms with van der Waals surface area (Å²) in [5, 5.41) is 2.56. The summed E-state index contributed by atoms with van der Waals surface area (Å²) >= 11 is 3.19. The monoisotopic (exact) mass is 260 g/mol. The van der Waals surface area contributed by atoms with Crippen molar-refractivity contribution in [2.24, 2.45) is 0 Å². The molecule has 1 heterocycles. The number of halogens is 1. The first kappa shape index (κ1) is 11.2. The van der Waals surface area contributed by atoms with Crippen molar-refractivity contribution in [1.29, 1.82) is 0 Å². The molecule has 0 aromatic carbocycles. The number of piperazine rings is 1. The van der Waals surface area contributed by atoms with Gasteiger partial charge in [-0.2, -0.15) is 0 Å². The lowest BCUT2D eigenvalue weighted by atomic mass is 10.1. The van der Waals surface area contributed by atoms with E-state index in [0.717, 1.165) is 0 Å². The zero-order chi connectivity index (χ0) is 10.7. The molecule has 1 fully saturated rings. The van der Waals surface area contributed by atoms with Crippen LogP contribution in [0.5, 0.6) is 0 Å². The number of nitrogens with zero attached hydrogens (tertiary/aromatic N) is 1. The molecule has 5 heteroatoms. The summed E-state index contributed by atoms with van der Waals surface area (Å²) in [5.74, 6) is -0.141. The van der Waals surface area contributed by atoms with Crippen LogP contribution in [0, 0.1) is 0 Å². The number of hydrogen-bond donors (Lipinski definition) is 1. The van der Waals surface area contributed by atoms with Gasteiger partial charge in [0, 0.05) is 4.48 Å². The molecule has 1 unspecified atom stereocenters. The lowest BCUT2D eigenvalue weighted by Crippen LogP contribution is -2.58. The minimum atomic E-state index is -0.356. The number of nitrogens with one attached hydrogen (secondary N) is 1. The first-order chi connectivity index (χ1) is 6.56. The molecule has 0 aromatic rings. The van der Waals surface area contributed by atoms with Gasteiger partial charge >= 0.3 is 0 Å². The van der Waals surface area contributed by atoms with Crippen LogP contribution in [-0.2, 0) is 9.59 Å². The van der Waals surface area contributed by atoms with Crippen molar-refractivity contribution in [3.05, 3.63) is 11.1 Å². The third-order valence-corrected chi connectivity index (χ3v) is 2.39. The molecular formula is C9H13BrN2O2. The molecule has 1 rings (SSSR count). The van der Waals surface area contributed by atoms with Crippen LogP contribution in [0.4, 0.5) is 0 Å². The highest BCUT2D eigenvalue weighted by molar-refractivity contribution is 9.11. The van der Waals surface area contributed by atoms with E-state index in [-0.39, 0.29) is 24.4 Å². The van der Waals surface area contributed by atoms with Gasteiger partial charge in [0.2, 0.25) is 11.8 Å². The maximum Gasteiger partial charge on any atom is 0.243 e. The molecule has 1 atom stereocenters. The molecule has 1 aliphatic heterocycles. The van der Waals surface area contributed by atoms with Crippen molar-refractivity contribution in [2.45, 2.75) is 19.4 Å². The van der Waals surface area contributed by atoms with Crippen LogP contribution in [0.1, 0.15) is 13.3 Å². The van der Waals surface area contributed by atoms with Crippen molar-refractivity contribution in [3.8, 4) is 0 Å². The van der Waals surface area contributed by atoms with Crippen LogP contribution in [-0.4, -0.2) is 35.8 Å². The van der Waals surface area contributed by atoms with E-state index >= 15 is 0 Å². The van der Waals surface area contributed by atoms with Crippen LogP contribution in [0.25, 0.3) is 0 Å². The first-order valence-corrected chi connectivity index (χ1v) is 5.26. The fourth-order valence-electron chi connectivity index (χ4n) is 1.49. The quantitative estimate of drug-likeness (QED) is 0.810. The Kier molecular flexibility index (Phi) is 3.69. The number of carbonyl (C=O) groups excluding carboxylic acids is 2. The van der Waals surface area contributed by atoms with Gasteiger partial charge in [-0.3, -0.25) is 9.59 Å². The topological polar surface area (TPSA) is 49.4 Å². The lowest BCUT2D eigenvalue weighted by molar-refractivity contribution is -0.145. The Balaban J connectivity index is 2.78. The Hall–Kier alpha value is -0.840. The fraction of sp³-hybridized carbons (Fsp3) is 0.556. The molecule has 4 nitrogen and oxygen atoms in total. The number of rotatable bonds is 3. The standard InChI is InChI=1S/C9H13BrN2O2/c1-3-7-9(14)11-4-8(13)12(7)5-6(2)10/h7H,2-5H2,1H3,(H,11,14). The van der Waals surface area contributed by atoms with E-state index in [0.29, 0.717) is 17.4 Å². The summed E-state index contributed by atoms with van der Waals surface area (Å²) < 4.78 is 0.707. The smallest absolute Gasteiger partial charge is 0.243 e. The second-order valence-electron chi connectivity index (χ2n) is 3.18. The van der Waals surface area contributed by atoms with Gasteiger partial charge in [0.25, 0.3) is 0 Å². The summed E-state index contributed by atoms with van der Waals surface area (Å²) in [6.07, 6.45) is 0.623. The van der Waals surface area contributed by atoms with Gasteiger partial charge in [-0.15, -0.1) is 0 Å². The largest absolute Gasteiger partial charge is 0.345 e. The average molecular weight is 261 g/mol. The second-order valence-corrected chi connectivity index (χ2v) is 4.30. The van der Waals surface area contributed by atoms with Crippen molar-refractivity contribution in [3.63, 3.8) is 0 Å². The van der Waals surface area contributed by atoms with Crippen LogP contribution in [0.2, 0.25) is 0 Å². The normalized spacial score (nSPS) is 22.1. The van der Waals surface area contributed by atoms with E-state index < -0.39 is 0 Å². The highest BCUT2D eigenvalue weighted by Crippen LogP contribution is 2.13. The molecule has 0 aliphatic carbocycles. The van der Waals surface area contributed by atoms with Crippen molar-refractivity contribution in [2.75, 3.05) is 13.1 Å². The van der Waals surface area contributed by atoms with Gasteiger partial charge in [0.1, 0.15) is 6.04 Å². The zero-order valence-corrected chi connectivity index (χ0v) is 9.63. The molecule has 0 aromatic heterocycles. The molecule has 0 saturated carbocycles. The third-order valence-electron chi connectivity index (χ3n) is 2.14. The molecule has 78 valence electrons. The van der Waals surface area contributed by atoms with Crippen LogP contribution < -0.4 is 5.32 Å². The van der Waals surface area contributed by atoms with Gasteiger partial charge in [-0.25, -0.2) is 0 Å². The number of hydrogen-bond acceptors (Lipinski definition) is 2. The molecule has 2 amide bonds. The summed E-state index contributed by atoms with van der Waals surface area (Å²) in [5.41, 5.74) is 0. The molecule has 1 saturated heterocycles. The summed E-state index contributed by atoms with van der Waals surface area (Å²) in [6.45, 7) is 6.04. The third kappa shape index (κ3) is 2.35. The minimum Gasteiger partial charge on any atom is -0.345 e. The van der Waals surface area contributed by atoms with E-state index in [2.05, 4.69) is 27.8 Å². The SMILES string of the molecule is C=C(Br)CN1C(=O)CNC(=O)C1CC. The summed E-state index contributed by atoms with van der Waals surface area (Å²) in [6, 6.07) is -0.356. The fourth-order valence-corrected chi connectivity index (χ4v) is 1.76. The number of amides is 2. The van der Waals surface area contributed by atoms with E-state index in [1.165, 1.54) is 0 Å². The van der Waals surface area contributed by atoms with Gasteiger partial charge in [-0.05, 0) is 6.42 Å². The Morgan fingerprint density at radius 2 is 2.36 bits per heavy atom. The maximum absolute atomic E-state index is 11.5. The zero-order valence-electron chi connectivity index (χ0n) is 8.05. The van der Waals surface area contributed by atoms with E-state index in [1.54, 1.807) is 4.90 Å². The van der Waals surface area contributed by atoms with Gasteiger partial charge in [0.05, 0.1) is 13.1 Å². The van der Waals surface area contributed by atoms with E-state index in [9.17, 15) is 9.59 Å².